The van der Waals surface area contributed by atoms with Crippen LogP contribution in [0.4, 0.5) is 5.69 Å². The third-order valence-electron chi connectivity index (χ3n) is 3.65. The lowest BCUT2D eigenvalue weighted by Crippen LogP contribution is -3.12. The highest BCUT2D eigenvalue weighted by Gasteiger charge is 2.28. The number of nitro groups is 1. The van der Waals surface area contributed by atoms with Crippen molar-refractivity contribution in [1.82, 2.24) is 0 Å². The van der Waals surface area contributed by atoms with Crippen molar-refractivity contribution in [2.24, 2.45) is 11.7 Å². The molecule has 0 aliphatic carbocycles. The van der Waals surface area contributed by atoms with Crippen LogP contribution in [-0.4, -0.2) is 23.9 Å². The molecule has 1 aromatic rings. The second-order valence-electron chi connectivity index (χ2n) is 5.01. The van der Waals surface area contributed by atoms with Crippen molar-refractivity contribution in [3.05, 3.63) is 39.9 Å². The van der Waals surface area contributed by atoms with Gasteiger partial charge in [0.2, 0.25) is 5.91 Å². The number of carbonyl (C=O) groups excluding carboxylic acids is 1. The van der Waals surface area contributed by atoms with Crippen LogP contribution < -0.4 is 10.6 Å². The van der Waals surface area contributed by atoms with E-state index in [9.17, 15) is 14.9 Å². The van der Waals surface area contributed by atoms with Crippen LogP contribution in [0.15, 0.2) is 24.3 Å². The molecular weight excluding hydrogens is 246 g/mol. The number of hydrogen-bond acceptors (Lipinski definition) is 3. The number of piperidine rings is 1. The van der Waals surface area contributed by atoms with Gasteiger partial charge in [-0.05, 0) is 18.9 Å². The monoisotopic (exact) mass is 264 g/mol. The molecule has 6 nitrogen and oxygen atoms in total. The molecule has 1 aromatic carbocycles. The predicted octanol–water partition coefficient (Wildman–Crippen LogP) is -0.125. The van der Waals surface area contributed by atoms with E-state index in [0.29, 0.717) is 18.7 Å². The number of nitro benzene ring substituents is 1. The summed E-state index contributed by atoms with van der Waals surface area (Å²) in [6.45, 7) is 2.16. The molecule has 1 amide bonds. The second-order valence-corrected chi connectivity index (χ2v) is 5.01. The predicted molar refractivity (Wildman–Crippen MR) is 69.4 cm³/mol. The van der Waals surface area contributed by atoms with Crippen LogP contribution in [0, 0.1) is 16.0 Å². The van der Waals surface area contributed by atoms with Gasteiger partial charge in [-0.1, -0.05) is 12.1 Å². The Morgan fingerprint density at radius 3 is 2.89 bits per heavy atom. The number of nitrogens with two attached hydrogens (primary N) is 1. The quantitative estimate of drug-likeness (QED) is 0.586. The standard InChI is InChI=1S/C13H17N3O3/c14-13(17)11-5-3-7-15(9-11)8-10-4-1-2-6-12(10)16(18)19/h1-2,4,6,11H,3,5,7-9H2,(H2,14,17)/p+1/t11-/m1/s1. The van der Waals surface area contributed by atoms with Crippen molar-refractivity contribution in [3.63, 3.8) is 0 Å². The molecule has 102 valence electrons. The summed E-state index contributed by atoms with van der Waals surface area (Å²) in [5.41, 5.74) is 6.21. The molecule has 3 N–H and O–H groups in total. The minimum atomic E-state index is -0.357. The third-order valence-corrected chi connectivity index (χ3v) is 3.65. The van der Waals surface area contributed by atoms with Crippen LogP contribution in [-0.2, 0) is 11.3 Å². The van der Waals surface area contributed by atoms with E-state index in [4.69, 9.17) is 5.73 Å². The van der Waals surface area contributed by atoms with Crippen LogP contribution >= 0.6 is 0 Å². The zero-order valence-corrected chi connectivity index (χ0v) is 10.7. The van der Waals surface area contributed by atoms with E-state index in [0.717, 1.165) is 19.4 Å². The number of nitrogens with zero attached hydrogens (tertiary/aromatic N) is 1. The number of rotatable bonds is 4. The van der Waals surface area contributed by atoms with Crippen molar-refractivity contribution < 1.29 is 14.6 Å². The Morgan fingerprint density at radius 2 is 2.21 bits per heavy atom. The summed E-state index contributed by atoms with van der Waals surface area (Å²) in [4.78, 5) is 23.0. The van der Waals surface area contributed by atoms with Gasteiger partial charge in [-0.15, -0.1) is 0 Å². The van der Waals surface area contributed by atoms with Gasteiger partial charge in [0.05, 0.1) is 29.5 Å². The Morgan fingerprint density at radius 1 is 1.47 bits per heavy atom. The van der Waals surface area contributed by atoms with E-state index in [-0.39, 0.29) is 22.4 Å². The van der Waals surface area contributed by atoms with Crippen molar-refractivity contribution >= 4 is 11.6 Å². The van der Waals surface area contributed by atoms with Crippen molar-refractivity contribution in [1.29, 1.82) is 0 Å². The summed E-state index contributed by atoms with van der Waals surface area (Å²) in [6, 6.07) is 6.76. The number of carbonyl (C=O) groups is 1. The number of primary amides is 1. The molecule has 2 rings (SSSR count). The number of hydrogen-bond donors (Lipinski definition) is 2. The molecule has 1 fully saturated rings. The summed E-state index contributed by atoms with van der Waals surface area (Å²) in [7, 11) is 0. The van der Waals surface area contributed by atoms with Crippen molar-refractivity contribution in [2.45, 2.75) is 19.4 Å². The molecule has 1 aliphatic rings. The second kappa shape index (κ2) is 5.79. The Kier molecular flexibility index (Phi) is 4.11. The van der Waals surface area contributed by atoms with Crippen molar-refractivity contribution in [3.8, 4) is 0 Å². The summed E-state index contributed by atoms with van der Waals surface area (Å²) in [5, 5.41) is 11.0. The van der Waals surface area contributed by atoms with E-state index in [1.807, 2.05) is 0 Å². The van der Waals surface area contributed by atoms with E-state index < -0.39 is 0 Å². The fraction of sp³-hybridized carbons (Fsp3) is 0.462. The van der Waals surface area contributed by atoms with E-state index in [1.165, 1.54) is 11.0 Å². The van der Waals surface area contributed by atoms with E-state index >= 15 is 0 Å². The van der Waals surface area contributed by atoms with E-state index in [2.05, 4.69) is 0 Å². The van der Waals surface area contributed by atoms with Gasteiger partial charge in [-0.3, -0.25) is 14.9 Å². The maximum atomic E-state index is 11.2. The zero-order chi connectivity index (χ0) is 13.8. The van der Waals surface area contributed by atoms with Gasteiger partial charge in [0.25, 0.3) is 5.69 Å². The molecule has 19 heavy (non-hydrogen) atoms. The molecule has 0 bridgehead atoms. The van der Waals surface area contributed by atoms with Crippen LogP contribution in [0.2, 0.25) is 0 Å². The topological polar surface area (TPSA) is 90.7 Å². The number of quaternary nitrogens is 1. The number of para-hydroxylation sites is 1. The van der Waals surface area contributed by atoms with Gasteiger partial charge < -0.3 is 10.6 Å². The van der Waals surface area contributed by atoms with Crippen LogP contribution in [0.3, 0.4) is 0 Å². The summed E-state index contributed by atoms with van der Waals surface area (Å²) in [5.74, 6) is -0.369. The molecule has 1 unspecified atom stereocenters. The maximum absolute atomic E-state index is 11.2. The molecular formula is C13H18N3O3+. The normalized spacial score (nSPS) is 22.9. The molecule has 1 heterocycles. The van der Waals surface area contributed by atoms with Gasteiger partial charge in [0.1, 0.15) is 6.54 Å². The molecule has 0 spiro atoms. The van der Waals surface area contributed by atoms with Crippen molar-refractivity contribution in [2.75, 3.05) is 13.1 Å². The Labute approximate surface area is 111 Å². The first-order valence-electron chi connectivity index (χ1n) is 6.43. The summed E-state index contributed by atoms with van der Waals surface area (Å²) in [6.07, 6.45) is 1.76. The first-order chi connectivity index (χ1) is 9.08. The fourth-order valence-corrected chi connectivity index (χ4v) is 2.66. The average Bonchev–Trinajstić information content (AvgIpc) is 2.39. The number of benzene rings is 1. The highest BCUT2D eigenvalue weighted by atomic mass is 16.6. The highest BCUT2D eigenvalue weighted by Crippen LogP contribution is 2.17. The van der Waals surface area contributed by atoms with Gasteiger partial charge in [-0.2, -0.15) is 0 Å². The Balaban J connectivity index is 2.09. The molecule has 6 heteroatoms. The lowest BCUT2D eigenvalue weighted by Gasteiger charge is -2.28. The van der Waals surface area contributed by atoms with Gasteiger partial charge in [-0.25, -0.2) is 0 Å². The first-order valence-corrected chi connectivity index (χ1v) is 6.43. The first kappa shape index (κ1) is 13.5. The number of likely N-dealkylation sites (tertiary alicyclic amines) is 1. The summed E-state index contributed by atoms with van der Waals surface area (Å²) < 4.78 is 0. The van der Waals surface area contributed by atoms with Crippen LogP contribution in [0.1, 0.15) is 18.4 Å². The molecule has 0 saturated carbocycles. The third kappa shape index (κ3) is 3.29. The number of nitrogens with one attached hydrogen (secondary N) is 1. The molecule has 1 saturated heterocycles. The minimum absolute atomic E-state index is 0.105. The summed E-state index contributed by atoms with van der Waals surface area (Å²) >= 11 is 0. The van der Waals surface area contributed by atoms with Crippen LogP contribution in [0.25, 0.3) is 0 Å². The molecule has 2 atom stereocenters. The van der Waals surface area contributed by atoms with E-state index in [1.54, 1.807) is 18.2 Å². The average molecular weight is 264 g/mol. The lowest BCUT2D eigenvalue weighted by atomic mass is 9.97. The van der Waals surface area contributed by atoms with Gasteiger partial charge in [0.15, 0.2) is 0 Å². The van der Waals surface area contributed by atoms with Crippen LogP contribution in [0.5, 0.6) is 0 Å². The SMILES string of the molecule is NC(=O)[C@@H]1CCC[NH+](Cc2ccccc2[N+](=O)[O-])C1. The van der Waals surface area contributed by atoms with Gasteiger partial charge in [0, 0.05) is 6.07 Å². The highest BCUT2D eigenvalue weighted by molar-refractivity contribution is 5.76. The van der Waals surface area contributed by atoms with Gasteiger partial charge >= 0.3 is 0 Å². The fourth-order valence-electron chi connectivity index (χ4n) is 2.66. The minimum Gasteiger partial charge on any atom is -0.369 e. The Hall–Kier alpha value is -1.95. The molecule has 1 aliphatic heterocycles. The maximum Gasteiger partial charge on any atom is 0.278 e. The molecule has 0 aromatic heterocycles. The smallest absolute Gasteiger partial charge is 0.278 e. The lowest BCUT2D eigenvalue weighted by molar-refractivity contribution is -0.921. The number of amides is 1. The zero-order valence-electron chi connectivity index (χ0n) is 10.7. The molecule has 0 radical (unpaired) electrons. The Bertz CT molecular complexity index is 490. The largest absolute Gasteiger partial charge is 0.369 e.